The number of nitrogens with one attached hydrogen (secondary N) is 1. The van der Waals surface area contributed by atoms with E-state index in [-0.39, 0.29) is 11.8 Å². The molecule has 3 atom stereocenters. The number of carbonyl (C=O) groups is 2. The van der Waals surface area contributed by atoms with E-state index in [2.05, 4.69) is 5.32 Å². The molecule has 5 heteroatoms. The molecule has 0 aromatic heterocycles. The summed E-state index contributed by atoms with van der Waals surface area (Å²) in [5, 5.41) is 11.3. The molecule has 4 N–H and O–H groups in total. The molecule has 0 aromatic carbocycles. The Hall–Kier alpha value is -1.10. The van der Waals surface area contributed by atoms with Crippen LogP contribution in [0.25, 0.3) is 0 Å². The van der Waals surface area contributed by atoms with Crippen LogP contribution < -0.4 is 11.1 Å². The van der Waals surface area contributed by atoms with Crippen molar-refractivity contribution in [3.63, 3.8) is 0 Å². The van der Waals surface area contributed by atoms with Crippen molar-refractivity contribution in [1.29, 1.82) is 0 Å². The number of amides is 1. The van der Waals surface area contributed by atoms with E-state index >= 15 is 0 Å². The quantitative estimate of drug-likeness (QED) is 0.612. The molecule has 0 aliphatic heterocycles. The third kappa shape index (κ3) is 4.29. The second-order valence-corrected chi connectivity index (χ2v) is 4.19. The Morgan fingerprint density at radius 3 is 2.00 bits per heavy atom. The second-order valence-electron chi connectivity index (χ2n) is 4.19. The van der Waals surface area contributed by atoms with Gasteiger partial charge in [-0.3, -0.25) is 9.59 Å². The summed E-state index contributed by atoms with van der Waals surface area (Å²) >= 11 is 0. The molecule has 15 heavy (non-hydrogen) atoms. The summed E-state index contributed by atoms with van der Waals surface area (Å²) in [6.45, 7) is 6.89. The van der Waals surface area contributed by atoms with Gasteiger partial charge in [0.25, 0.3) is 0 Å². The normalized spacial score (nSPS) is 16.9. The van der Waals surface area contributed by atoms with Crippen LogP contribution >= 0.6 is 0 Å². The van der Waals surface area contributed by atoms with Gasteiger partial charge in [0.15, 0.2) is 0 Å². The number of carboxylic acids is 1. The van der Waals surface area contributed by atoms with E-state index in [9.17, 15) is 9.59 Å². The van der Waals surface area contributed by atoms with E-state index in [4.69, 9.17) is 10.8 Å². The predicted molar refractivity (Wildman–Crippen MR) is 57.2 cm³/mol. The second kappa shape index (κ2) is 5.70. The van der Waals surface area contributed by atoms with Crippen LogP contribution in [0, 0.1) is 11.8 Å². The van der Waals surface area contributed by atoms with Crippen LogP contribution in [0.4, 0.5) is 0 Å². The van der Waals surface area contributed by atoms with Gasteiger partial charge < -0.3 is 16.2 Å². The van der Waals surface area contributed by atoms with Crippen molar-refractivity contribution in [1.82, 2.24) is 5.32 Å². The molecule has 0 radical (unpaired) electrons. The first-order valence-electron chi connectivity index (χ1n) is 5.06. The number of carbonyl (C=O) groups excluding carboxylic acids is 1. The van der Waals surface area contributed by atoms with E-state index in [1.54, 1.807) is 13.8 Å². The maximum Gasteiger partial charge on any atom is 0.308 e. The maximum atomic E-state index is 11.5. The Labute approximate surface area is 90.0 Å². The van der Waals surface area contributed by atoms with Crippen molar-refractivity contribution in [3.05, 3.63) is 0 Å². The van der Waals surface area contributed by atoms with Gasteiger partial charge in [-0.2, -0.15) is 0 Å². The highest BCUT2D eigenvalue weighted by molar-refractivity contribution is 5.82. The minimum atomic E-state index is -0.930. The summed E-state index contributed by atoms with van der Waals surface area (Å²) in [7, 11) is 0. The SMILES string of the molecule is CC(NC(=O)[C@@H](N)C(C)C)C(C)C(=O)O. The molecule has 0 rings (SSSR count). The molecule has 5 nitrogen and oxygen atoms in total. The Balaban J connectivity index is 4.24. The molecule has 0 saturated heterocycles. The van der Waals surface area contributed by atoms with Crippen LogP contribution in [0.3, 0.4) is 0 Å². The van der Waals surface area contributed by atoms with Gasteiger partial charge in [-0.05, 0) is 19.8 Å². The first-order valence-corrected chi connectivity index (χ1v) is 5.06. The Kier molecular flexibility index (Phi) is 5.28. The molecule has 0 aliphatic carbocycles. The molecule has 0 spiro atoms. The van der Waals surface area contributed by atoms with Crippen molar-refractivity contribution < 1.29 is 14.7 Å². The summed E-state index contributed by atoms with van der Waals surface area (Å²) in [4.78, 5) is 22.1. The van der Waals surface area contributed by atoms with E-state index in [1.807, 2.05) is 13.8 Å². The van der Waals surface area contributed by atoms with Crippen molar-refractivity contribution in [2.75, 3.05) is 0 Å². The summed E-state index contributed by atoms with van der Waals surface area (Å²) in [6, 6.07) is -1.01. The highest BCUT2D eigenvalue weighted by atomic mass is 16.4. The Morgan fingerprint density at radius 2 is 1.67 bits per heavy atom. The molecular formula is C10H20N2O3. The maximum absolute atomic E-state index is 11.5. The largest absolute Gasteiger partial charge is 0.481 e. The minimum Gasteiger partial charge on any atom is -0.481 e. The van der Waals surface area contributed by atoms with E-state index in [1.165, 1.54) is 0 Å². The smallest absolute Gasteiger partial charge is 0.308 e. The zero-order valence-corrected chi connectivity index (χ0v) is 9.65. The molecule has 0 bridgehead atoms. The molecule has 0 fully saturated rings. The average Bonchev–Trinajstić information content (AvgIpc) is 2.14. The lowest BCUT2D eigenvalue weighted by atomic mass is 10.0. The molecule has 0 heterocycles. The van der Waals surface area contributed by atoms with Gasteiger partial charge in [-0.15, -0.1) is 0 Å². The predicted octanol–water partition coefficient (Wildman–Crippen LogP) is 0.195. The number of hydrogen-bond acceptors (Lipinski definition) is 3. The lowest BCUT2D eigenvalue weighted by Crippen LogP contribution is -2.49. The van der Waals surface area contributed by atoms with Gasteiger partial charge in [0.05, 0.1) is 12.0 Å². The topological polar surface area (TPSA) is 92.4 Å². The van der Waals surface area contributed by atoms with Gasteiger partial charge in [0.1, 0.15) is 0 Å². The zero-order valence-electron chi connectivity index (χ0n) is 9.65. The highest BCUT2D eigenvalue weighted by Gasteiger charge is 2.24. The van der Waals surface area contributed by atoms with Crippen LogP contribution in [-0.4, -0.2) is 29.1 Å². The minimum absolute atomic E-state index is 0.0392. The van der Waals surface area contributed by atoms with Gasteiger partial charge in [-0.25, -0.2) is 0 Å². The first kappa shape index (κ1) is 13.9. The fourth-order valence-corrected chi connectivity index (χ4v) is 0.962. The zero-order chi connectivity index (χ0) is 12.2. The van der Waals surface area contributed by atoms with Crippen molar-refractivity contribution in [2.45, 2.75) is 39.8 Å². The molecule has 88 valence electrons. The molecule has 0 saturated carbocycles. The number of nitrogens with two attached hydrogens (primary N) is 1. The fourth-order valence-electron chi connectivity index (χ4n) is 0.962. The van der Waals surface area contributed by atoms with Gasteiger partial charge in [-0.1, -0.05) is 13.8 Å². The number of rotatable bonds is 5. The number of carboxylic acid groups (broad SMARTS) is 1. The summed E-state index contributed by atoms with van der Waals surface area (Å²) in [5.41, 5.74) is 5.63. The summed E-state index contributed by atoms with van der Waals surface area (Å²) < 4.78 is 0. The number of aliphatic carboxylic acids is 1. The highest BCUT2D eigenvalue weighted by Crippen LogP contribution is 2.04. The fraction of sp³-hybridized carbons (Fsp3) is 0.800. The molecule has 2 unspecified atom stereocenters. The van der Waals surface area contributed by atoms with Crippen molar-refractivity contribution >= 4 is 11.9 Å². The monoisotopic (exact) mass is 216 g/mol. The third-order valence-corrected chi connectivity index (χ3v) is 2.53. The molecule has 0 aromatic rings. The molecular weight excluding hydrogens is 196 g/mol. The van der Waals surface area contributed by atoms with E-state index in [0.29, 0.717) is 0 Å². The summed E-state index contributed by atoms with van der Waals surface area (Å²) in [6.07, 6.45) is 0. The van der Waals surface area contributed by atoms with E-state index in [0.717, 1.165) is 0 Å². The van der Waals surface area contributed by atoms with Crippen molar-refractivity contribution in [2.24, 2.45) is 17.6 Å². The molecule has 0 aliphatic rings. The van der Waals surface area contributed by atoms with Gasteiger partial charge in [0, 0.05) is 6.04 Å². The average molecular weight is 216 g/mol. The number of hydrogen-bond donors (Lipinski definition) is 3. The van der Waals surface area contributed by atoms with Crippen LogP contribution in [0.2, 0.25) is 0 Å². The van der Waals surface area contributed by atoms with E-state index < -0.39 is 24.0 Å². The van der Waals surface area contributed by atoms with Crippen molar-refractivity contribution in [3.8, 4) is 0 Å². The Bertz CT molecular complexity index is 241. The third-order valence-electron chi connectivity index (χ3n) is 2.53. The van der Waals surface area contributed by atoms with Gasteiger partial charge >= 0.3 is 5.97 Å². The Morgan fingerprint density at radius 1 is 1.20 bits per heavy atom. The van der Waals surface area contributed by atoms with Crippen LogP contribution in [0.15, 0.2) is 0 Å². The van der Waals surface area contributed by atoms with Crippen LogP contribution in [0.5, 0.6) is 0 Å². The summed E-state index contributed by atoms with van der Waals surface area (Å²) in [5.74, 6) is -1.81. The lowest BCUT2D eigenvalue weighted by molar-refractivity contribution is -0.142. The molecule has 1 amide bonds. The van der Waals surface area contributed by atoms with Gasteiger partial charge in [0.2, 0.25) is 5.91 Å². The van der Waals surface area contributed by atoms with Crippen LogP contribution in [0.1, 0.15) is 27.7 Å². The van der Waals surface area contributed by atoms with Crippen LogP contribution in [-0.2, 0) is 9.59 Å². The standard InChI is InChI=1S/C10H20N2O3/c1-5(2)8(11)9(13)12-7(4)6(3)10(14)15/h5-8H,11H2,1-4H3,(H,12,13)(H,14,15)/t6?,7?,8-/m0/s1. The first-order chi connectivity index (χ1) is 6.77. The lowest BCUT2D eigenvalue weighted by Gasteiger charge is -2.21.